The predicted molar refractivity (Wildman–Crippen MR) is 105 cm³/mol. The van der Waals surface area contributed by atoms with Gasteiger partial charge in [0.05, 0.1) is 0 Å². The van der Waals surface area contributed by atoms with Crippen LogP contribution in [0.5, 0.6) is 0 Å². The quantitative estimate of drug-likeness (QED) is 0.521. The van der Waals surface area contributed by atoms with Gasteiger partial charge in [-0.15, -0.1) is 11.8 Å². The summed E-state index contributed by atoms with van der Waals surface area (Å²) in [6.45, 7) is 3.58. The van der Waals surface area contributed by atoms with Crippen molar-refractivity contribution < 1.29 is 32.7 Å². The molecule has 2 rings (SSSR count). The Kier molecular flexibility index (Phi) is 8.13. The molecule has 4 N–H and O–H groups in total. The van der Waals surface area contributed by atoms with E-state index in [4.69, 9.17) is 5.73 Å². The molecule has 0 radical (unpaired) electrons. The van der Waals surface area contributed by atoms with E-state index in [9.17, 15) is 32.7 Å². The normalized spacial score (nSPS) is 18.4. The van der Waals surface area contributed by atoms with Crippen LogP contribution in [0.3, 0.4) is 0 Å². The number of hydrogen-bond acceptors (Lipinski definition) is 5. The highest BCUT2D eigenvalue weighted by atomic mass is 32.2. The van der Waals surface area contributed by atoms with Crippen LogP contribution in [-0.4, -0.2) is 57.5 Å². The Morgan fingerprint density at radius 2 is 1.87 bits per heavy atom. The van der Waals surface area contributed by atoms with Crippen molar-refractivity contribution in [1.29, 1.82) is 0 Å². The van der Waals surface area contributed by atoms with Crippen molar-refractivity contribution >= 4 is 29.5 Å². The molecule has 30 heavy (non-hydrogen) atoms. The fraction of sp³-hybridized carbons (Fsp3) is 0.526. The van der Waals surface area contributed by atoms with E-state index in [0.717, 1.165) is 0 Å². The molecular weight excluding hydrogens is 423 g/mol. The second-order valence-electron chi connectivity index (χ2n) is 7.40. The number of thioether (sulfide) groups is 1. The number of aliphatic carboxylic acids is 1. The molecule has 2 amide bonds. The van der Waals surface area contributed by atoms with E-state index in [0.29, 0.717) is 17.9 Å². The van der Waals surface area contributed by atoms with E-state index < -0.39 is 52.7 Å². The SMILES string of the molecule is CC(C)C(NC(=O)[C@@H]1SCCN1C(=O)C[C@H](N)Cc1cc(F)c(F)cc1F)C(=O)O. The Labute approximate surface area is 176 Å². The lowest BCUT2D eigenvalue weighted by Gasteiger charge is -2.26. The van der Waals surface area contributed by atoms with Crippen molar-refractivity contribution in [2.75, 3.05) is 12.3 Å². The van der Waals surface area contributed by atoms with Crippen molar-refractivity contribution in [2.45, 2.75) is 44.1 Å². The number of carboxylic acids is 1. The summed E-state index contributed by atoms with van der Waals surface area (Å²) in [6.07, 6.45) is -0.434. The molecule has 0 bridgehead atoms. The molecule has 0 aliphatic carbocycles. The second-order valence-corrected chi connectivity index (χ2v) is 8.59. The zero-order valence-electron chi connectivity index (χ0n) is 16.5. The van der Waals surface area contributed by atoms with Gasteiger partial charge < -0.3 is 21.1 Å². The highest BCUT2D eigenvalue weighted by molar-refractivity contribution is 8.00. The van der Waals surface area contributed by atoms with Crippen LogP contribution in [0.15, 0.2) is 12.1 Å². The molecule has 1 aliphatic rings. The number of nitrogens with one attached hydrogen (secondary N) is 1. The van der Waals surface area contributed by atoms with E-state index in [1.165, 1.54) is 16.7 Å². The number of halogens is 3. The maximum absolute atomic E-state index is 13.8. The van der Waals surface area contributed by atoms with Crippen LogP contribution < -0.4 is 11.1 Å². The number of hydrogen-bond donors (Lipinski definition) is 3. The first-order valence-corrected chi connectivity index (χ1v) is 10.4. The standard InChI is InChI=1S/C19H24F3N3O4S/c1-9(2)16(19(28)29)24-17(27)18-25(3-4-30-18)15(26)7-11(23)5-10-6-13(21)14(22)8-12(10)20/h6,8-9,11,16,18H,3-5,7,23H2,1-2H3,(H,24,27)(H,28,29)/t11-,16?,18+/m1/s1. The van der Waals surface area contributed by atoms with Crippen molar-refractivity contribution in [2.24, 2.45) is 11.7 Å². The summed E-state index contributed by atoms with van der Waals surface area (Å²) in [5.41, 5.74) is 5.75. The maximum Gasteiger partial charge on any atom is 0.326 e. The van der Waals surface area contributed by atoms with Crippen LogP contribution in [0.1, 0.15) is 25.8 Å². The Hall–Kier alpha value is -2.27. The van der Waals surface area contributed by atoms with Crippen LogP contribution in [0.4, 0.5) is 13.2 Å². The van der Waals surface area contributed by atoms with Crippen molar-refractivity contribution in [3.8, 4) is 0 Å². The van der Waals surface area contributed by atoms with Gasteiger partial charge >= 0.3 is 5.97 Å². The number of benzene rings is 1. The molecule has 0 aromatic heterocycles. The molecular formula is C19H24F3N3O4S. The zero-order valence-corrected chi connectivity index (χ0v) is 17.3. The van der Waals surface area contributed by atoms with Crippen molar-refractivity contribution in [1.82, 2.24) is 10.2 Å². The minimum Gasteiger partial charge on any atom is -0.480 e. The summed E-state index contributed by atoms with van der Waals surface area (Å²) in [4.78, 5) is 37.7. The molecule has 3 atom stereocenters. The number of carboxylic acid groups (broad SMARTS) is 1. The molecule has 0 saturated carbocycles. The molecule has 166 valence electrons. The molecule has 7 nitrogen and oxygen atoms in total. The maximum atomic E-state index is 13.8. The van der Waals surface area contributed by atoms with E-state index in [1.54, 1.807) is 13.8 Å². The molecule has 1 heterocycles. The third kappa shape index (κ3) is 5.88. The van der Waals surface area contributed by atoms with E-state index in [1.807, 2.05) is 0 Å². The Morgan fingerprint density at radius 3 is 2.47 bits per heavy atom. The van der Waals surface area contributed by atoms with Gasteiger partial charge in [-0.25, -0.2) is 18.0 Å². The van der Waals surface area contributed by atoms with Gasteiger partial charge in [0.1, 0.15) is 11.9 Å². The van der Waals surface area contributed by atoms with Gasteiger partial charge in [-0.3, -0.25) is 9.59 Å². The van der Waals surface area contributed by atoms with Gasteiger partial charge in [0.25, 0.3) is 5.91 Å². The van der Waals surface area contributed by atoms with Gasteiger partial charge in [-0.1, -0.05) is 13.8 Å². The third-order valence-electron chi connectivity index (χ3n) is 4.67. The van der Waals surface area contributed by atoms with Gasteiger partial charge in [0, 0.05) is 30.8 Å². The minimum absolute atomic E-state index is 0.152. The highest BCUT2D eigenvalue weighted by Crippen LogP contribution is 2.25. The number of carbonyl (C=O) groups is 3. The molecule has 11 heteroatoms. The van der Waals surface area contributed by atoms with Gasteiger partial charge in [0.2, 0.25) is 5.91 Å². The fourth-order valence-corrected chi connectivity index (χ4v) is 4.24. The lowest BCUT2D eigenvalue weighted by Crippen LogP contribution is -2.52. The Morgan fingerprint density at radius 1 is 1.23 bits per heavy atom. The summed E-state index contributed by atoms with van der Waals surface area (Å²) in [5.74, 6) is -5.58. The summed E-state index contributed by atoms with van der Waals surface area (Å²) >= 11 is 1.20. The molecule has 1 aromatic rings. The number of carbonyl (C=O) groups excluding carboxylic acids is 2. The van der Waals surface area contributed by atoms with Crippen LogP contribution in [-0.2, 0) is 20.8 Å². The smallest absolute Gasteiger partial charge is 0.326 e. The second kappa shape index (κ2) is 10.2. The summed E-state index contributed by atoms with van der Waals surface area (Å²) < 4.78 is 40.2. The van der Waals surface area contributed by atoms with E-state index in [2.05, 4.69) is 5.32 Å². The molecule has 1 fully saturated rings. The number of nitrogens with zero attached hydrogens (tertiary/aromatic N) is 1. The Bertz CT molecular complexity index is 824. The minimum atomic E-state index is -1.31. The third-order valence-corrected chi connectivity index (χ3v) is 5.88. The van der Waals surface area contributed by atoms with E-state index in [-0.39, 0.29) is 30.9 Å². The number of rotatable bonds is 8. The number of nitrogens with two attached hydrogens (primary N) is 1. The predicted octanol–water partition coefficient (Wildman–Crippen LogP) is 1.49. The largest absolute Gasteiger partial charge is 0.480 e. The molecule has 1 unspecified atom stereocenters. The van der Waals surface area contributed by atoms with Gasteiger partial charge in [0.15, 0.2) is 17.0 Å². The first-order chi connectivity index (χ1) is 14.0. The Balaban J connectivity index is 2.00. The number of amides is 2. The molecule has 1 aromatic carbocycles. The van der Waals surface area contributed by atoms with Crippen LogP contribution in [0.25, 0.3) is 0 Å². The lowest BCUT2D eigenvalue weighted by molar-refractivity contribution is -0.144. The lowest BCUT2D eigenvalue weighted by atomic mass is 10.0. The average molecular weight is 447 g/mol. The fourth-order valence-electron chi connectivity index (χ4n) is 3.10. The molecule has 0 spiro atoms. The zero-order chi connectivity index (χ0) is 22.6. The van der Waals surface area contributed by atoms with E-state index >= 15 is 0 Å². The van der Waals surface area contributed by atoms with Gasteiger partial charge in [-0.2, -0.15) is 0 Å². The monoisotopic (exact) mass is 447 g/mol. The average Bonchev–Trinajstić information content (AvgIpc) is 3.13. The highest BCUT2D eigenvalue weighted by Gasteiger charge is 2.37. The summed E-state index contributed by atoms with van der Waals surface area (Å²) in [6, 6.07) is -0.845. The first-order valence-electron chi connectivity index (χ1n) is 9.34. The summed E-state index contributed by atoms with van der Waals surface area (Å²) in [5, 5.41) is 10.8. The van der Waals surface area contributed by atoms with Crippen LogP contribution in [0.2, 0.25) is 0 Å². The molecule has 1 saturated heterocycles. The van der Waals surface area contributed by atoms with Crippen molar-refractivity contribution in [3.05, 3.63) is 35.1 Å². The van der Waals surface area contributed by atoms with Crippen LogP contribution in [0, 0.1) is 23.4 Å². The topological polar surface area (TPSA) is 113 Å². The first kappa shape index (κ1) is 24.0. The molecule has 1 aliphatic heterocycles. The van der Waals surface area contributed by atoms with Crippen LogP contribution >= 0.6 is 11.8 Å². The van der Waals surface area contributed by atoms with Gasteiger partial charge in [-0.05, 0) is 24.0 Å². The van der Waals surface area contributed by atoms with Crippen molar-refractivity contribution in [3.63, 3.8) is 0 Å². The summed E-state index contributed by atoms with van der Waals surface area (Å²) in [7, 11) is 0.